The molecule has 66 valence electrons. The second-order valence-corrected chi connectivity index (χ2v) is 4.52. The number of hydrogen-bond acceptors (Lipinski definition) is 0. The minimum atomic E-state index is 0.863. The van der Waals surface area contributed by atoms with Crippen molar-refractivity contribution in [1.82, 2.24) is 0 Å². The van der Waals surface area contributed by atoms with Gasteiger partial charge in [0.05, 0.1) is 0 Å². The molecule has 2 aliphatic carbocycles. The van der Waals surface area contributed by atoms with Crippen molar-refractivity contribution in [2.75, 3.05) is 0 Å². The van der Waals surface area contributed by atoms with Gasteiger partial charge >= 0.3 is 0 Å². The third-order valence-corrected chi connectivity index (χ3v) is 3.31. The first kappa shape index (κ1) is 8.10. The van der Waals surface area contributed by atoms with E-state index in [1.165, 1.54) is 12.8 Å². The summed E-state index contributed by atoms with van der Waals surface area (Å²) in [5.41, 5.74) is 0. The van der Waals surface area contributed by atoms with Crippen LogP contribution in [0, 0.1) is 23.7 Å². The largest absolute Gasteiger partial charge is 0.0840 e. The van der Waals surface area contributed by atoms with Crippen LogP contribution in [0.2, 0.25) is 0 Å². The molecule has 0 aliphatic heterocycles. The molecular formula is C12H18. The predicted molar refractivity (Wildman–Crippen MR) is 52.8 cm³/mol. The Balaban J connectivity index is 1.88. The zero-order valence-electron chi connectivity index (χ0n) is 8.03. The fourth-order valence-corrected chi connectivity index (χ4v) is 2.41. The maximum absolute atomic E-state index is 2.40. The zero-order chi connectivity index (χ0) is 8.55. The van der Waals surface area contributed by atoms with Crippen LogP contribution in [0.4, 0.5) is 0 Å². The smallest absolute Gasteiger partial charge is 0.0164 e. The molecule has 0 amide bonds. The number of allylic oxidation sites excluding steroid dienone is 4. The lowest BCUT2D eigenvalue weighted by Crippen LogP contribution is -2.04. The van der Waals surface area contributed by atoms with Gasteiger partial charge in [0.15, 0.2) is 0 Å². The normalized spacial score (nSPS) is 39.1. The van der Waals surface area contributed by atoms with E-state index in [1.807, 2.05) is 0 Å². The van der Waals surface area contributed by atoms with E-state index in [-0.39, 0.29) is 0 Å². The lowest BCUT2D eigenvalue weighted by molar-refractivity contribution is 0.454. The molecule has 0 aromatic rings. The quantitative estimate of drug-likeness (QED) is 0.583. The molecule has 0 radical (unpaired) electrons. The van der Waals surface area contributed by atoms with Gasteiger partial charge in [-0.3, -0.25) is 0 Å². The van der Waals surface area contributed by atoms with Gasteiger partial charge in [0.25, 0.3) is 0 Å². The second kappa shape index (κ2) is 3.08. The third-order valence-electron chi connectivity index (χ3n) is 3.31. The van der Waals surface area contributed by atoms with Gasteiger partial charge in [-0.1, -0.05) is 38.2 Å². The van der Waals surface area contributed by atoms with Gasteiger partial charge in [0.1, 0.15) is 0 Å². The summed E-state index contributed by atoms with van der Waals surface area (Å²) in [5.74, 6) is 3.79. The van der Waals surface area contributed by atoms with E-state index in [0.717, 1.165) is 23.7 Å². The molecule has 0 nitrogen and oxygen atoms in total. The molecule has 0 heteroatoms. The molecular weight excluding hydrogens is 144 g/mol. The molecule has 0 spiro atoms. The minimum absolute atomic E-state index is 0.863. The summed E-state index contributed by atoms with van der Waals surface area (Å²) in [7, 11) is 0. The minimum Gasteiger partial charge on any atom is -0.0840 e. The molecule has 3 unspecified atom stereocenters. The van der Waals surface area contributed by atoms with Crippen LogP contribution in [0.15, 0.2) is 24.3 Å². The molecule has 0 N–H and O–H groups in total. The van der Waals surface area contributed by atoms with Crippen molar-refractivity contribution in [2.45, 2.75) is 26.7 Å². The lowest BCUT2D eigenvalue weighted by atomic mass is 9.92. The fraction of sp³-hybridized carbons (Fsp3) is 0.667. The lowest BCUT2D eigenvalue weighted by Gasteiger charge is -2.13. The van der Waals surface area contributed by atoms with Gasteiger partial charge in [-0.2, -0.15) is 0 Å². The van der Waals surface area contributed by atoms with Crippen LogP contribution < -0.4 is 0 Å². The highest BCUT2D eigenvalue weighted by Gasteiger charge is 2.42. The predicted octanol–water partition coefficient (Wildman–Crippen LogP) is 3.41. The summed E-state index contributed by atoms with van der Waals surface area (Å²) in [6.45, 7) is 4.71. The van der Waals surface area contributed by atoms with Gasteiger partial charge in [0, 0.05) is 0 Å². The topological polar surface area (TPSA) is 0 Å². The average molecular weight is 162 g/mol. The summed E-state index contributed by atoms with van der Waals surface area (Å²) in [6, 6.07) is 0. The van der Waals surface area contributed by atoms with E-state index in [1.54, 1.807) is 0 Å². The molecule has 0 aromatic carbocycles. The molecule has 2 rings (SSSR count). The van der Waals surface area contributed by atoms with Gasteiger partial charge in [-0.15, -0.1) is 0 Å². The van der Waals surface area contributed by atoms with Crippen molar-refractivity contribution in [3.8, 4) is 0 Å². The van der Waals surface area contributed by atoms with Gasteiger partial charge in [0.2, 0.25) is 0 Å². The third kappa shape index (κ3) is 1.48. The first-order valence-electron chi connectivity index (χ1n) is 5.12. The van der Waals surface area contributed by atoms with Crippen LogP contribution in [-0.2, 0) is 0 Å². The van der Waals surface area contributed by atoms with Crippen molar-refractivity contribution in [3.05, 3.63) is 24.3 Å². The summed E-state index contributed by atoms with van der Waals surface area (Å²) in [4.78, 5) is 0. The van der Waals surface area contributed by atoms with Gasteiger partial charge in [-0.05, 0) is 36.5 Å². The Kier molecular flexibility index (Phi) is 2.08. The van der Waals surface area contributed by atoms with E-state index in [4.69, 9.17) is 0 Å². The molecule has 0 heterocycles. The van der Waals surface area contributed by atoms with Crippen LogP contribution in [0.25, 0.3) is 0 Å². The maximum atomic E-state index is 2.40. The van der Waals surface area contributed by atoms with Gasteiger partial charge in [-0.25, -0.2) is 0 Å². The highest BCUT2D eigenvalue weighted by Crippen LogP contribution is 2.50. The van der Waals surface area contributed by atoms with E-state index in [9.17, 15) is 0 Å². The molecule has 1 saturated carbocycles. The van der Waals surface area contributed by atoms with Crippen molar-refractivity contribution in [2.24, 2.45) is 23.7 Å². The van der Waals surface area contributed by atoms with Crippen LogP contribution >= 0.6 is 0 Å². The molecule has 1 fully saturated rings. The molecule has 0 saturated heterocycles. The highest BCUT2D eigenvalue weighted by molar-refractivity contribution is 5.14. The average Bonchev–Trinajstić information content (AvgIpc) is 2.84. The number of rotatable bonds is 2. The molecule has 3 atom stereocenters. The van der Waals surface area contributed by atoms with Crippen LogP contribution in [0.1, 0.15) is 26.7 Å². The molecule has 12 heavy (non-hydrogen) atoms. The van der Waals surface area contributed by atoms with Crippen molar-refractivity contribution in [3.63, 3.8) is 0 Å². The zero-order valence-corrected chi connectivity index (χ0v) is 8.03. The SMILES string of the molecule is CC(C)C1CC1C1C=CC=CC1. The van der Waals surface area contributed by atoms with Crippen molar-refractivity contribution >= 4 is 0 Å². The Labute approximate surface area is 75.4 Å². The van der Waals surface area contributed by atoms with Crippen LogP contribution in [0.3, 0.4) is 0 Å². The molecule has 0 aromatic heterocycles. The Morgan fingerprint density at radius 1 is 1.25 bits per heavy atom. The standard InChI is InChI=1S/C12H18/c1-9(2)11-8-12(11)10-6-4-3-5-7-10/h3-6,9-12H,7-8H2,1-2H3. The van der Waals surface area contributed by atoms with Gasteiger partial charge < -0.3 is 0 Å². The first-order chi connectivity index (χ1) is 5.79. The van der Waals surface area contributed by atoms with Crippen LogP contribution in [-0.4, -0.2) is 0 Å². The van der Waals surface area contributed by atoms with E-state index in [2.05, 4.69) is 38.2 Å². The summed E-state index contributed by atoms with van der Waals surface area (Å²) in [6.07, 6.45) is 11.8. The first-order valence-corrected chi connectivity index (χ1v) is 5.12. The summed E-state index contributed by atoms with van der Waals surface area (Å²) < 4.78 is 0. The second-order valence-electron chi connectivity index (χ2n) is 4.52. The monoisotopic (exact) mass is 162 g/mol. The molecule has 0 bridgehead atoms. The van der Waals surface area contributed by atoms with Crippen molar-refractivity contribution < 1.29 is 0 Å². The molecule has 2 aliphatic rings. The van der Waals surface area contributed by atoms with Crippen molar-refractivity contribution in [1.29, 1.82) is 0 Å². The fourth-order valence-electron chi connectivity index (χ4n) is 2.41. The Morgan fingerprint density at radius 2 is 2.08 bits per heavy atom. The Hall–Kier alpha value is -0.520. The number of hydrogen-bond donors (Lipinski definition) is 0. The van der Waals surface area contributed by atoms with E-state index >= 15 is 0 Å². The maximum Gasteiger partial charge on any atom is -0.0164 e. The van der Waals surface area contributed by atoms with E-state index in [0.29, 0.717) is 0 Å². The Bertz CT molecular complexity index is 210. The highest BCUT2D eigenvalue weighted by atomic mass is 14.5. The Morgan fingerprint density at radius 3 is 2.58 bits per heavy atom. The van der Waals surface area contributed by atoms with Crippen LogP contribution in [0.5, 0.6) is 0 Å². The summed E-state index contributed by atoms with van der Waals surface area (Å²) >= 11 is 0. The summed E-state index contributed by atoms with van der Waals surface area (Å²) in [5, 5.41) is 0. The van der Waals surface area contributed by atoms with E-state index < -0.39 is 0 Å².